The number of aromatic nitrogens is 2. The van der Waals surface area contributed by atoms with E-state index in [0.717, 1.165) is 30.8 Å². The highest BCUT2D eigenvalue weighted by Crippen LogP contribution is 2.13. The number of carbonyl (C=O) groups is 1. The quantitative estimate of drug-likeness (QED) is 0.789. The third kappa shape index (κ3) is 3.69. The molecule has 2 aromatic heterocycles. The van der Waals surface area contributed by atoms with Crippen LogP contribution in [0.1, 0.15) is 33.1 Å². The molecule has 2 rings (SSSR count). The number of aryl methyl sites for hydroxylation is 1. The van der Waals surface area contributed by atoms with Crippen molar-refractivity contribution in [3.63, 3.8) is 0 Å². The van der Waals surface area contributed by atoms with E-state index in [4.69, 9.17) is 0 Å². The van der Waals surface area contributed by atoms with Gasteiger partial charge in [-0.25, -0.2) is 4.98 Å². The molecule has 0 aromatic carbocycles. The number of hydrogen-bond acceptors (Lipinski definition) is 4. The van der Waals surface area contributed by atoms with Crippen molar-refractivity contribution in [2.24, 2.45) is 0 Å². The van der Waals surface area contributed by atoms with Crippen LogP contribution in [0.5, 0.6) is 0 Å². The van der Waals surface area contributed by atoms with Crippen LogP contribution in [0.15, 0.2) is 22.6 Å². The molecule has 0 N–H and O–H groups in total. The Morgan fingerprint density at radius 3 is 2.95 bits per heavy atom. The van der Waals surface area contributed by atoms with Crippen molar-refractivity contribution in [1.82, 2.24) is 14.5 Å². The molecule has 0 radical (unpaired) electrons. The number of fused-ring (bicyclic) bond motifs is 1. The molecule has 0 aliphatic rings. The van der Waals surface area contributed by atoms with Crippen molar-refractivity contribution in [2.45, 2.75) is 39.7 Å². The second kappa shape index (κ2) is 7.36. The van der Waals surface area contributed by atoms with Gasteiger partial charge >= 0.3 is 0 Å². The fourth-order valence-corrected chi connectivity index (χ4v) is 2.96. The molecule has 1 amide bonds. The molecular weight excluding hydrogens is 286 g/mol. The molecule has 0 saturated carbocycles. The van der Waals surface area contributed by atoms with Gasteiger partial charge in [-0.3, -0.25) is 14.2 Å². The van der Waals surface area contributed by atoms with E-state index in [9.17, 15) is 9.59 Å². The molecule has 5 nitrogen and oxygen atoms in total. The standard InChI is InChI=1S/C15H21N3O2S/c1-3-5-8-17(4-2)13(19)6-9-18-11-16-14-12(15(18)20)7-10-21-14/h7,10-11H,3-6,8-9H2,1-2H3. The Kier molecular flexibility index (Phi) is 5.50. The Hall–Kier alpha value is -1.69. The van der Waals surface area contributed by atoms with Gasteiger partial charge in [-0.05, 0) is 24.8 Å². The SMILES string of the molecule is CCCCN(CC)C(=O)CCn1cnc2sccc2c1=O. The first-order valence-electron chi connectivity index (χ1n) is 7.37. The Morgan fingerprint density at radius 1 is 1.43 bits per heavy atom. The minimum absolute atomic E-state index is 0.0642. The molecule has 0 spiro atoms. The highest BCUT2D eigenvalue weighted by molar-refractivity contribution is 7.16. The number of rotatable bonds is 7. The monoisotopic (exact) mass is 307 g/mol. The van der Waals surface area contributed by atoms with E-state index in [-0.39, 0.29) is 11.5 Å². The van der Waals surface area contributed by atoms with Gasteiger partial charge in [-0.1, -0.05) is 13.3 Å². The predicted octanol–water partition coefficient (Wildman–Crippen LogP) is 2.50. The third-order valence-electron chi connectivity index (χ3n) is 3.53. The molecule has 6 heteroatoms. The summed E-state index contributed by atoms with van der Waals surface area (Å²) in [6.07, 6.45) is 3.97. The second-order valence-electron chi connectivity index (χ2n) is 4.96. The molecule has 21 heavy (non-hydrogen) atoms. The van der Waals surface area contributed by atoms with Crippen molar-refractivity contribution in [3.8, 4) is 0 Å². The Labute approximate surface area is 128 Å². The molecule has 114 valence electrons. The highest BCUT2D eigenvalue weighted by atomic mass is 32.1. The van der Waals surface area contributed by atoms with Crippen LogP contribution in [-0.2, 0) is 11.3 Å². The fourth-order valence-electron chi connectivity index (χ4n) is 2.23. The fraction of sp³-hybridized carbons (Fsp3) is 0.533. The smallest absolute Gasteiger partial charge is 0.262 e. The van der Waals surface area contributed by atoms with Crippen molar-refractivity contribution in [1.29, 1.82) is 0 Å². The van der Waals surface area contributed by atoms with Gasteiger partial charge in [0.25, 0.3) is 5.56 Å². The Balaban J connectivity index is 2.02. The summed E-state index contributed by atoms with van der Waals surface area (Å²) in [4.78, 5) is 31.2. The van der Waals surface area contributed by atoms with E-state index in [1.165, 1.54) is 22.2 Å². The molecule has 2 heterocycles. The first-order valence-corrected chi connectivity index (χ1v) is 8.25. The summed E-state index contributed by atoms with van der Waals surface area (Å²) >= 11 is 1.45. The molecule has 2 aromatic rings. The first-order chi connectivity index (χ1) is 10.2. The van der Waals surface area contributed by atoms with E-state index < -0.39 is 0 Å². The zero-order valence-electron chi connectivity index (χ0n) is 12.5. The van der Waals surface area contributed by atoms with Gasteiger partial charge in [0.15, 0.2) is 0 Å². The molecule has 0 aliphatic heterocycles. The summed E-state index contributed by atoms with van der Waals surface area (Å²) in [5.41, 5.74) is -0.0642. The normalized spacial score (nSPS) is 11.0. The lowest BCUT2D eigenvalue weighted by molar-refractivity contribution is -0.131. The highest BCUT2D eigenvalue weighted by Gasteiger charge is 2.12. The number of nitrogens with zero attached hydrogens (tertiary/aromatic N) is 3. The second-order valence-corrected chi connectivity index (χ2v) is 5.85. The Bertz CT molecular complexity index is 662. The van der Waals surface area contributed by atoms with Crippen LogP contribution in [0.4, 0.5) is 0 Å². The van der Waals surface area contributed by atoms with E-state index >= 15 is 0 Å². The summed E-state index contributed by atoms with van der Waals surface area (Å²) in [5, 5.41) is 2.49. The number of hydrogen-bond donors (Lipinski definition) is 0. The molecule has 0 aliphatic carbocycles. The van der Waals surface area contributed by atoms with Crippen molar-refractivity contribution in [2.75, 3.05) is 13.1 Å². The summed E-state index contributed by atoms with van der Waals surface area (Å²) in [5.74, 6) is 0.100. The average Bonchev–Trinajstić information content (AvgIpc) is 2.96. The van der Waals surface area contributed by atoms with Crippen molar-refractivity contribution < 1.29 is 4.79 Å². The summed E-state index contributed by atoms with van der Waals surface area (Å²) < 4.78 is 1.53. The van der Waals surface area contributed by atoms with E-state index in [2.05, 4.69) is 11.9 Å². The van der Waals surface area contributed by atoms with E-state index in [0.29, 0.717) is 18.4 Å². The van der Waals surface area contributed by atoms with Gasteiger partial charge in [-0.15, -0.1) is 11.3 Å². The zero-order valence-corrected chi connectivity index (χ0v) is 13.4. The lowest BCUT2D eigenvalue weighted by atomic mass is 10.3. The zero-order chi connectivity index (χ0) is 15.2. The van der Waals surface area contributed by atoms with Gasteiger partial charge < -0.3 is 4.90 Å². The maximum atomic E-state index is 12.2. The molecule has 0 bridgehead atoms. The molecule has 0 saturated heterocycles. The van der Waals surface area contributed by atoms with Crippen molar-refractivity contribution in [3.05, 3.63) is 28.1 Å². The minimum atomic E-state index is -0.0642. The van der Waals surface area contributed by atoms with Crippen LogP contribution < -0.4 is 5.56 Å². The van der Waals surface area contributed by atoms with Crippen LogP contribution in [0, 0.1) is 0 Å². The lowest BCUT2D eigenvalue weighted by Crippen LogP contribution is -2.33. The van der Waals surface area contributed by atoms with Crippen LogP contribution in [-0.4, -0.2) is 33.4 Å². The number of thiophene rings is 1. The van der Waals surface area contributed by atoms with Crippen LogP contribution in [0.25, 0.3) is 10.2 Å². The van der Waals surface area contributed by atoms with Crippen LogP contribution in [0.3, 0.4) is 0 Å². The first kappa shape index (κ1) is 15.7. The van der Waals surface area contributed by atoms with Crippen molar-refractivity contribution >= 4 is 27.5 Å². The average molecular weight is 307 g/mol. The van der Waals surface area contributed by atoms with Gasteiger partial charge in [-0.2, -0.15) is 0 Å². The predicted molar refractivity (Wildman–Crippen MR) is 85.7 cm³/mol. The van der Waals surface area contributed by atoms with Gasteiger partial charge in [0.05, 0.1) is 11.7 Å². The Morgan fingerprint density at radius 2 is 2.24 bits per heavy atom. The molecule has 0 unspecified atom stereocenters. The minimum Gasteiger partial charge on any atom is -0.343 e. The number of unbranched alkanes of at least 4 members (excludes halogenated alkanes) is 1. The lowest BCUT2D eigenvalue weighted by Gasteiger charge is -2.20. The molecule has 0 fully saturated rings. The summed E-state index contributed by atoms with van der Waals surface area (Å²) in [7, 11) is 0. The van der Waals surface area contributed by atoms with E-state index in [1.807, 2.05) is 17.2 Å². The van der Waals surface area contributed by atoms with Gasteiger partial charge in [0.2, 0.25) is 5.91 Å². The van der Waals surface area contributed by atoms with Gasteiger partial charge in [0, 0.05) is 26.1 Å². The number of carbonyl (C=O) groups excluding carboxylic acids is 1. The van der Waals surface area contributed by atoms with Crippen LogP contribution in [0.2, 0.25) is 0 Å². The largest absolute Gasteiger partial charge is 0.343 e. The number of amides is 1. The van der Waals surface area contributed by atoms with E-state index in [1.54, 1.807) is 6.07 Å². The van der Waals surface area contributed by atoms with Crippen LogP contribution >= 0.6 is 11.3 Å². The maximum absolute atomic E-state index is 12.2. The van der Waals surface area contributed by atoms with Gasteiger partial charge in [0.1, 0.15) is 4.83 Å². The third-order valence-corrected chi connectivity index (χ3v) is 4.35. The summed E-state index contributed by atoms with van der Waals surface area (Å²) in [6.45, 7) is 6.00. The summed E-state index contributed by atoms with van der Waals surface area (Å²) in [6, 6.07) is 1.78. The molecular formula is C15H21N3O2S. The molecule has 0 atom stereocenters. The maximum Gasteiger partial charge on any atom is 0.262 e. The topological polar surface area (TPSA) is 55.2 Å².